The zero-order valence-electron chi connectivity index (χ0n) is 12.7. The second kappa shape index (κ2) is 6.16. The fraction of sp³-hybridized carbons (Fsp3) is 0.933. The largest absolute Gasteiger partial charge is 0.300 e. The van der Waals surface area contributed by atoms with E-state index in [9.17, 15) is 4.79 Å². The van der Waals surface area contributed by atoms with E-state index in [0.29, 0.717) is 0 Å². The molecule has 0 aromatic heterocycles. The van der Waals surface area contributed by atoms with Crippen molar-refractivity contribution in [3.8, 4) is 0 Å². The first-order valence-electron chi connectivity index (χ1n) is 7.26. The third kappa shape index (κ3) is 3.79. The lowest BCUT2D eigenvalue weighted by atomic mass is 9.82. The number of unbranched alkanes of at least 4 members (excludes halogenated alkanes) is 1. The van der Waals surface area contributed by atoms with Crippen LogP contribution in [0.1, 0.15) is 73.1 Å². The van der Waals surface area contributed by atoms with Crippen molar-refractivity contribution in [2.45, 2.75) is 90.3 Å². The molecular formula is C15H29NO2. The Morgan fingerprint density at radius 3 is 2.22 bits per heavy atom. The molecule has 3 nitrogen and oxygen atoms in total. The standard InChI is InChI=1S/C15H29NO2/c1-6-7-9-13(12-17)18-16-14(2,3)10-8-11-15(16,4)5/h12-13H,6-11H2,1-5H3/t13-/m0/s1. The molecule has 1 heterocycles. The van der Waals surface area contributed by atoms with Crippen molar-refractivity contribution < 1.29 is 9.63 Å². The second-order valence-electron chi connectivity index (χ2n) is 6.69. The molecule has 0 saturated carbocycles. The first-order valence-corrected chi connectivity index (χ1v) is 7.26. The molecule has 0 aliphatic carbocycles. The molecule has 0 spiro atoms. The molecule has 0 radical (unpaired) electrons. The molecule has 106 valence electrons. The summed E-state index contributed by atoms with van der Waals surface area (Å²) < 4.78 is 0. The Balaban J connectivity index is 2.73. The highest BCUT2D eigenvalue weighted by molar-refractivity contribution is 5.55. The molecule has 0 aromatic rings. The van der Waals surface area contributed by atoms with Crippen LogP contribution in [0.4, 0.5) is 0 Å². The number of nitrogens with zero attached hydrogens (tertiary/aromatic N) is 1. The fourth-order valence-electron chi connectivity index (χ4n) is 2.95. The van der Waals surface area contributed by atoms with Crippen LogP contribution in [0.5, 0.6) is 0 Å². The van der Waals surface area contributed by atoms with Gasteiger partial charge in [-0.3, -0.25) is 4.84 Å². The number of rotatable bonds is 6. The minimum atomic E-state index is -0.290. The number of carbonyl (C=O) groups excluding carboxylic acids is 1. The SMILES string of the molecule is CCCC[C@@H](C=O)ON1C(C)(C)CCCC1(C)C. The fourth-order valence-corrected chi connectivity index (χ4v) is 2.95. The Labute approximate surface area is 112 Å². The summed E-state index contributed by atoms with van der Waals surface area (Å²) in [6, 6.07) is 0. The maximum absolute atomic E-state index is 11.2. The van der Waals surface area contributed by atoms with E-state index in [2.05, 4.69) is 39.7 Å². The molecule has 1 rings (SSSR count). The number of aldehydes is 1. The number of carbonyl (C=O) groups is 1. The highest BCUT2D eigenvalue weighted by Crippen LogP contribution is 2.38. The van der Waals surface area contributed by atoms with Gasteiger partial charge in [0.25, 0.3) is 0 Å². The molecule has 0 unspecified atom stereocenters. The third-order valence-corrected chi connectivity index (χ3v) is 3.91. The summed E-state index contributed by atoms with van der Waals surface area (Å²) in [5.74, 6) is 0. The Bertz CT molecular complexity index is 258. The first-order chi connectivity index (χ1) is 8.33. The Morgan fingerprint density at radius 2 is 1.78 bits per heavy atom. The van der Waals surface area contributed by atoms with E-state index in [4.69, 9.17) is 4.84 Å². The Morgan fingerprint density at radius 1 is 1.22 bits per heavy atom. The maximum Gasteiger partial charge on any atom is 0.150 e. The maximum atomic E-state index is 11.2. The molecule has 0 aromatic carbocycles. The van der Waals surface area contributed by atoms with Crippen LogP contribution >= 0.6 is 0 Å². The Hall–Kier alpha value is -0.410. The summed E-state index contributed by atoms with van der Waals surface area (Å²) >= 11 is 0. The predicted octanol–water partition coefficient (Wildman–Crippen LogP) is 3.72. The van der Waals surface area contributed by atoms with Crippen molar-refractivity contribution in [2.75, 3.05) is 0 Å². The summed E-state index contributed by atoms with van der Waals surface area (Å²) in [5.41, 5.74) is 0.0183. The van der Waals surface area contributed by atoms with Gasteiger partial charge in [0.05, 0.1) is 0 Å². The van der Waals surface area contributed by atoms with E-state index in [-0.39, 0.29) is 17.2 Å². The number of hydroxylamine groups is 2. The number of hydrogen-bond donors (Lipinski definition) is 0. The summed E-state index contributed by atoms with van der Waals surface area (Å²) in [6.07, 6.45) is 7.09. The van der Waals surface area contributed by atoms with Crippen LogP contribution in [-0.2, 0) is 9.63 Å². The van der Waals surface area contributed by atoms with Gasteiger partial charge < -0.3 is 4.79 Å². The topological polar surface area (TPSA) is 29.5 Å². The quantitative estimate of drug-likeness (QED) is 0.677. The lowest BCUT2D eigenvalue weighted by Crippen LogP contribution is -2.59. The molecule has 3 heteroatoms. The monoisotopic (exact) mass is 255 g/mol. The Kier molecular flexibility index (Phi) is 5.35. The molecule has 1 saturated heterocycles. The average Bonchev–Trinajstić information content (AvgIpc) is 2.26. The van der Waals surface area contributed by atoms with E-state index >= 15 is 0 Å². The number of piperidine rings is 1. The van der Waals surface area contributed by atoms with Gasteiger partial charge in [0.2, 0.25) is 0 Å². The molecular weight excluding hydrogens is 226 g/mol. The highest BCUT2D eigenvalue weighted by Gasteiger charge is 2.43. The van der Waals surface area contributed by atoms with E-state index in [1.165, 1.54) is 6.42 Å². The van der Waals surface area contributed by atoms with Crippen LogP contribution in [-0.4, -0.2) is 28.5 Å². The van der Waals surface area contributed by atoms with Crippen molar-refractivity contribution in [2.24, 2.45) is 0 Å². The summed E-state index contributed by atoms with van der Waals surface area (Å²) in [6.45, 7) is 11.0. The van der Waals surface area contributed by atoms with Crippen LogP contribution in [0.15, 0.2) is 0 Å². The number of hydrogen-bond acceptors (Lipinski definition) is 3. The van der Waals surface area contributed by atoms with Gasteiger partial charge in [-0.25, -0.2) is 0 Å². The van der Waals surface area contributed by atoms with E-state index < -0.39 is 0 Å². The van der Waals surface area contributed by atoms with Crippen LogP contribution in [0.2, 0.25) is 0 Å². The second-order valence-corrected chi connectivity index (χ2v) is 6.69. The molecule has 0 bridgehead atoms. The van der Waals surface area contributed by atoms with Crippen LogP contribution in [0, 0.1) is 0 Å². The lowest BCUT2D eigenvalue weighted by molar-refractivity contribution is -0.297. The van der Waals surface area contributed by atoms with Gasteiger partial charge in [0, 0.05) is 11.1 Å². The minimum absolute atomic E-state index is 0.00915. The van der Waals surface area contributed by atoms with E-state index in [1.54, 1.807) is 0 Å². The average molecular weight is 255 g/mol. The molecule has 18 heavy (non-hydrogen) atoms. The van der Waals surface area contributed by atoms with Crippen molar-refractivity contribution >= 4 is 6.29 Å². The zero-order chi connectivity index (χ0) is 13.8. The van der Waals surface area contributed by atoms with Gasteiger partial charge >= 0.3 is 0 Å². The first kappa shape index (κ1) is 15.6. The summed E-state index contributed by atoms with van der Waals surface area (Å²) in [7, 11) is 0. The molecule has 1 atom stereocenters. The predicted molar refractivity (Wildman–Crippen MR) is 74.3 cm³/mol. The van der Waals surface area contributed by atoms with Crippen LogP contribution in [0.25, 0.3) is 0 Å². The van der Waals surface area contributed by atoms with E-state index in [1.807, 2.05) is 0 Å². The summed E-state index contributed by atoms with van der Waals surface area (Å²) in [5, 5.41) is 2.08. The van der Waals surface area contributed by atoms with Crippen molar-refractivity contribution in [1.29, 1.82) is 0 Å². The highest BCUT2D eigenvalue weighted by atomic mass is 16.7. The van der Waals surface area contributed by atoms with Gasteiger partial charge in [0.1, 0.15) is 6.10 Å². The van der Waals surface area contributed by atoms with Crippen molar-refractivity contribution in [3.63, 3.8) is 0 Å². The van der Waals surface area contributed by atoms with Crippen molar-refractivity contribution in [1.82, 2.24) is 5.06 Å². The zero-order valence-corrected chi connectivity index (χ0v) is 12.7. The molecule has 1 aliphatic rings. The van der Waals surface area contributed by atoms with Crippen LogP contribution < -0.4 is 0 Å². The minimum Gasteiger partial charge on any atom is -0.300 e. The summed E-state index contributed by atoms with van der Waals surface area (Å²) in [4.78, 5) is 17.2. The normalized spacial score (nSPS) is 24.7. The van der Waals surface area contributed by atoms with Gasteiger partial charge in [-0.15, -0.1) is 0 Å². The van der Waals surface area contributed by atoms with Gasteiger partial charge in [-0.1, -0.05) is 19.8 Å². The van der Waals surface area contributed by atoms with Gasteiger partial charge in [-0.05, 0) is 53.4 Å². The van der Waals surface area contributed by atoms with Crippen LogP contribution in [0.3, 0.4) is 0 Å². The third-order valence-electron chi connectivity index (χ3n) is 3.91. The molecule has 0 N–H and O–H groups in total. The smallest absolute Gasteiger partial charge is 0.150 e. The van der Waals surface area contributed by atoms with Crippen molar-refractivity contribution in [3.05, 3.63) is 0 Å². The van der Waals surface area contributed by atoms with Gasteiger partial charge in [0.15, 0.2) is 6.29 Å². The lowest BCUT2D eigenvalue weighted by Gasteiger charge is -2.52. The molecule has 0 amide bonds. The van der Waals surface area contributed by atoms with Gasteiger partial charge in [-0.2, -0.15) is 5.06 Å². The van der Waals surface area contributed by atoms with E-state index in [0.717, 1.165) is 38.4 Å². The molecule has 1 fully saturated rings. The molecule has 1 aliphatic heterocycles.